The maximum absolute atomic E-state index is 12.1. The van der Waals surface area contributed by atoms with Gasteiger partial charge in [0.1, 0.15) is 5.82 Å². The fraction of sp³-hybridized carbons (Fsp3) is 0.500. The lowest BCUT2D eigenvalue weighted by Gasteiger charge is -2.47. The summed E-state index contributed by atoms with van der Waals surface area (Å²) in [4.78, 5) is 24.4. The molecule has 1 spiro atoms. The van der Waals surface area contributed by atoms with Gasteiger partial charge in [-0.15, -0.1) is 0 Å². The van der Waals surface area contributed by atoms with Gasteiger partial charge in [0, 0.05) is 73.7 Å². The van der Waals surface area contributed by atoms with Crippen LogP contribution in [0.15, 0.2) is 24.9 Å². The van der Waals surface area contributed by atoms with E-state index >= 15 is 0 Å². The number of halogens is 1. The van der Waals surface area contributed by atoms with Gasteiger partial charge in [-0.05, 0) is 74.9 Å². The van der Waals surface area contributed by atoms with Gasteiger partial charge in [-0.1, -0.05) is 18.2 Å². The molecular formula is C30H37ClN6O. The number of likely N-dealkylation sites (tertiary alicyclic amines) is 1. The quantitative estimate of drug-likeness (QED) is 0.447. The van der Waals surface area contributed by atoms with Crippen LogP contribution in [0.4, 0.5) is 5.82 Å². The van der Waals surface area contributed by atoms with E-state index in [0.717, 1.165) is 79.4 Å². The standard InChI is InChI=1S/C30H37ClN6O/c1-7-25(38)37-16-30(17-37)9-11-36(15-30)29-20(5)26(22-8-10-35(18(2)3)14-24(22)33-29)27-19(4)23(31)12-21-13-32-34(6)28(21)27/h7,12-13,18H,1,8-11,14-17H2,2-6H3. The number of anilines is 1. The Balaban J connectivity index is 1.49. The second-order valence-corrected chi connectivity index (χ2v) is 12.2. The molecule has 0 N–H and O–H groups in total. The van der Waals surface area contributed by atoms with Crippen molar-refractivity contribution in [3.05, 3.63) is 52.3 Å². The first-order valence-corrected chi connectivity index (χ1v) is 14.0. The summed E-state index contributed by atoms with van der Waals surface area (Å²) in [5.41, 5.74) is 8.55. The zero-order chi connectivity index (χ0) is 26.9. The maximum Gasteiger partial charge on any atom is 0.245 e. The predicted octanol–water partition coefficient (Wildman–Crippen LogP) is 4.90. The van der Waals surface area contributed by atoms with E-state index in [4.69, 9.17) is 16.6 Å². The van der Waals surface area contributed by atoms with Crippen molar-refractivity contribution in [2.75, 3.05) is 37.6 Å². The minimum atomic E-state index is 0.0323. The summed E-state index contributed by atoms with van der Waals surface area (Å²) < 4.78 is 1.98. The number of hydrogen-bond acceptors (Lipinski definition) is 5. The van der Waals surface area contributed by atoms with Crippen molar-refractivity contribution in [2.24, 2.45) is 12.5 Å². The average Bonchev–Trinajstić information content (AvgIpc) is 3.48. The largest absolute Gasteiger partial charge is 0.356 e. The third-order valence-corrected chi connectivity index (χ3v) is 9.47. The summed E-state index contributed by atoms with van der Waals surface area (Å²) in [6, 6.07) is 2.50. The molecule has 200 valence electrons. The molecule has 7 nitrogen and oxygen atoms in total. The first kappa shape index (κ1) is 25.4. The SMILES string of the molecule is C=CC(=O)N1CC2(CCN(c3nc4c(c(-c5c(C)c(Cl)cc6cnn(C)c56)c3C)CCN(C(C)C)C4)C2)C1. The van der Waals surface area contributed by atoms with Crippen LogP contribution in [0.1, 0.15) is 42.7 Å². The van der Waals surface area contributed by atoms with E-state index in [0.29, 0.717) is 6.04 Å². The Morgan fingerprint density at radius 3 is 2.63 bits per heavy atom. The van der Waals surface area contributed by atoms with Crippen LogP contribution >= 0.6 is 11.6 Å². The molecule has 0 unspecified atom stereocenters. The monoisotopic (exact) mass is 532 g/mol. The predicted molar refractivity (Wildman–Crippen MR) is 154 cm³/mol. The minimum absolute atomic E-state index is 0.0323. The van der Waals surface area contributed by atoms with E-state index < -0.39 is 0 Å². The molecular weight excluding hydrogens is 496 g/mol. The number of carbonyl (C=O) groups is 1. The highest BCUT2D eigenvalue weighted by molar-refractivity contribution is 6.33. The molecule has 5 heterocycles. The average molecular weight is 533 g/mol. The van der Waals surface area contributed by atoms with Gasteiger partial charge in [-0.2, -0.15) is 5.10 Å². The zero-order valence-electron chi connectivity index (χ0n) is 23.1. The second-order valence-electron chi connectivity index (χ2n) is 11.8. The molecule has 3 aliphatic rings. The van der Waals surface area contributed by atoms with Gasteiger partial charge in [0.2, 0.25) is 5.91 Å². The molecule has 38 heavy (non-hydrogen) atoms. The third kappa shape index (κ3) is 3.85. The summed E-state index contributed by atoms with van der Waals surface area (Å²) >= 11 is 6.82. The molecule has 0 aliphatic carbocycles. The van der Waals surface area contributed by atoms with Gasteiger partial charge in [0.15, 0.2) is 0 Å². The molecule has 1 amide bonds. The van der Waals surface area contributed by atoms with Gasteiger partial charge in [0.25, 0.3) is 0 Å². The lowest BCUT2D eigenvalue weighted by Crippen LogP contribution is -2.59. The Labute approximate surface area is 230 Å². The van der Waals surface area contributed by atoms with Crippen molar-refractivity contribution in [1.82, 2.24) is 24.6 Å². The lowest BCUT2D eigenvalue weighted by molar-refractivity contribution is -0.136. The van der Waals surface area contributed by atoms with Crippen LogP contribution in [0.2, 0.25) is 5.02 Å². The van der Waals surface area contributed by atoms with Crippen LogP contribution in [0.25, 0.3) is 22.0 Å². The molecule has 2 fully saturated rings. The Morgan fingerprint density at radius 2 is 1.92 bits per heavy atom. The van der Waals surface area contributed by atoms with Gasteiger partial charge in [-0.3, -0.25) is 14.4 Å². The third-order valence-electron chi connectivity index (χ3n) is 9.08. The van der Waals surface area contributed by atoms with Crippen molar-refractivity contribution in [3.8, 4) is 11.1 Å². The van der Waals surface area contributed by atoms with Crippen LogP contribution in [0.3, 0.4) is 0 Å². The topological polar surface area (TPSA) is 57.5 Å². The van der Waals surface area contributed by atoms with Crippen molar-refractivity contribution >= 4 is 34.2 Å². The maximum atomic E-state index is 12.1. The van der Waals surface area contributed by atoms with E-state index in [1.54, 1.807) is 0 Å². The summed E-state index contributed by atoms with van der Waals surface area (Å²) in [6.07, 6.45) is 5.37. The fourth-order valence-electron chi connectivity index (χ4n) is 6.91. The normalized spacial score (nSPS) is 18.9. The molecule has 0 bridgehead atoms. The summed E-state index contributed by atoms with van der Waals surface area (Å²) in [7, 11) is 2.01. The highest BCUT2D eigenvalue weighted by Crippen LogP contribution is 2.46. The smallest absolute Gasteiger partial charge is 0.245 e. The number of rotatable bonds is 4. The van der Waals surface area contributed by atoms with Crippen LogP contribution in [0, 0.1) is 19.3 Å². The van der Waals surface area contributed by atoms with E-state index in [-0.39, 0.29) is 11.3 Å². The summed E-state index contributed by atoms with van der Waals surface area (Å²) in [5.74, 6) is 1.11. The number of nitrogens with zero attached hydrogens (tertiary/aromatic N) is 6. The molecule has 0 atom stereocenters. The number of aryl methyl sites for hydroxylation is 1. The number of hydrogen-bond donors (Lipinski definition) is 0. The van der Waals surface area contributed by atoms with Crippen LogP contribution in [-0.2, 0) is 24.8 Å². The highest BCUT2D eigenvalue weighted by atomic mass is 35.5. The molecule has 2 aromatic heterocycles. The van der Waals surface area contributed by atoms with E-state index in [1.807, 2.05) is 28.9 Å². The van der Waals surface area contributed by atoms with Gasteiger partial charge in [0.05, 0.1) is 17.4 Å². The number of pyridine rings is 1. The summed E-state index contributed by atoms with van der Waals surface area (Å²) in [5, 5.41) is 6.42. The Kier molecular flexibility index (Phi) is 6.07. The highest BCUT2D eigenvalue weighted by Gasteiger charge is 2.49. The first-order chi connectivity index (χ1) is 18.1. The number of amides is 1. The van der Waals surface area contributed by atoms with Crippen molar-refractivity contribution in [2.45, 2.75) is 53.1 Å². The van der Waals surface area contributed by atoms with Gasteiger partial charge >= 0.3 is 0 Å². The van der Waals surface area contributed by atoms with Crippen molar-refractivity contribution in [3.63, 3.8) is 0 Å². The Hall–Kier alpha value is -2.90. The van der Waals surface area contributed by atoms with E-state index in [2.05, 4.69) is 49.2 Å². The Morgan fingerprint density at radius 1 is 1.16 bits per heavy atom. The zero-order valence-corrected chi connectivity index (χ0v) is 23.9. The van der Waals surface area contributed by atoms with Crippen LogP contribution in [0.5, 0.6) is 0 Å². The summed E-state index contributed by atoms with van der Waals surface area (Å²) in [6.45, 7) is 17.9. The van der Waals surface area contributed by atoms with Crippen molar-refractivity contribution in [1.29, 1.82) is 0 Å². The molecule has 0 saturated carbocycles. The fourth-order valence-corrected chi connectivity index (χ4v) is 7.12. The number of benzene rings is 1. The van der Waals surface area contributed by atoms with Crippen LogP contribution < -0.4 is 4.90 Å². The van der Waals surface area contributed by atoms with Crippen molar-refractivity contribution < 1.29 is 4.79 Å². The van der Waals surface area contributed by atoms with Gasteiger partial charge < -0.3 is 9.80 Å². The van der Waals surface area contributed by atoms with Crippen LogP contribution in [-0.4, -0.2) is 69.2 Å². The molecule has 3 aromatic rings. The molecule has 6 rings (SSSR count). The Bertz CT molecular complexity index is 1470. The first-order valence-electron chi connectivity index (χ1n) is 13.7. The molecule has 0 radical (unpaired) electrons. The minimum Gasteiger partial charge on any atom is -0.356 e. The number of aromatic nitrogens is 3. The lowest BCUT2D eigenvalue weighted by atomic mass is 9.79. The molecule has 2 saturated heterocycles. The molecule has 3 aliphatic heterocycles. The van der Waals surface area contributed by atoms with Gasteiger partial charge in [-0.25, -0.2) is 4.98 Å². The molecule has 1 aromatic carbocycles. The molecule has 8 heteroatoms. The van der Waals surface area contributed by atoms with E-state index in [1.165, 1.54) is 34.0 Å². The van der Waals surface area contributed by atoms with E-state index in [9.17, 15) is 4.79 Å². The number of fused-ring (bicyclic) bond motifs is 2. The second kappa shape index (κ2) is 9.09. The number of carbonyl (C=O) groups excluding carboxylic acids is 1.